The molecule has 0 radical (unpaired) electrons. The van der Waals surface area contributed by atoms with Crippen LogP contribution in [0.1, 0.15) is 10.4 Å². The van der Waals surface area contributed by atoms with Crippen molar-refractivity contribution in [3.63, 3.8) is 0 Å². The lowest BCUT2D eigenvalue weighted by Gasteiger charge is -2.06. The minimum absolute atomic E-state index is 0.319. The van der Waals surface area contributed by atoms with E-state index in [0.29, 0.717) is 11.3 Å². The predicted octanol–water partition coefficient (Wildman–Crippen LogP) is 3.24. The Hall–Kier alpha value is -2.14. The van der Waals surface area contributed by atoms with Gasteiger partial charge in [-0.25, -0.2) is 4.79 Å². The first-order valence-electron chi connectivity index (χ1n) is 5.93. The normalized spacial score (nSPS) is 9.85. The smallest absolute Gasteiger partial charge is 0.338 e. The summed E-state index contributed by atoms with van der Waals surface area (Å²) in [5, 5.41) is 2.64. The van der Waals surface area contributed by atoms with Gasteiger partial charge < -0.3 is 10.1 Å². The molecule has 4 nitrogen and oxygen atoms in total. The summed E-state index contributed by atoms with van der Waals surface area (Å²) in [6.07, 6.45) is 0. The Morgan fingerprint density at radius 2 is 1.80 bits per heavy atom. The Bertz CT molecular complexity index is 614. The Morgan fingerprint density at radius 1 is 1.05 bits per heavy atom. The van der Waals surface area contributed by atoms with Crippen LogP contribution in [0.5, 0.6) is 0 Å². The predicted molar refractivity (Wildman–Crippen MR) is 79.5 cm³/mol. The number of rotatable bonds is 4. The number of hydrogen-bond donors (Lipinski definition) is 1. The highest BCUT2D eigenvalue weighted by atomic mass is 79.9. The topological polar surface area (TPSA) is 55.4 Å². The molecule has 0 spiro atoms. The second kappa shape index (κ2) is 6.86. The molecule has 0 fully saturated rings. The SMILES string of the molecule is O=C(COC(=O)c1ccccc1)Nc1cccc(Br)c1. The largest absolute Gasteiger partial charge is 0.452 e. The summed E-state index contributed by atoms with van der Waals surface area (Å²) in [6.45, 7) is -0.319. The van der Waals surface area contributed by atoms with Crippen LogP contribution in [-0.2, 0) is 9.53 Å². The Morgan fingerprint density at radius 3 is 2.50 bits per heavy atom. The van der Waals surface area contributed by atoms with Crippen molar-refractivity contribution < 1.29 is 14.3 Å². The van der Waals surface area contributed by atoms with Crippen molar-refractivity contribution in [2.45, 2.75) is 0 Å². The van der Waals surface area contributed by atoms with Crippen LogP contribution in [0.4, 0.5) is 5.69 Å². The number of amides is 1. The number of nitrogens with one attached hydrogen (secondary N) is 1. The minimum Gasteiger partial charge on any atom is -0.452 e. The van der Waals surface area contributed by atoms with Gasteiger partial charge in [-0.1, -0.05) is 40.2 Å². The molecule has 0 aliphatic rings. The van der Waals surface area contributed by atoms with E-state index in [1.807, 2.05) is 6.07 Å². The van der Waals surface area contributed by atoms with E-state index < -0.39 is 5.97 Å². The van der Waals surface area contributed by atoms with Crippen LogP contribution in [0.2, 0.25) is 0 Å². The molecule has 2 aromatic carbocycles. The van der Waals surface area contributed by atoms with Crippen molar-refractivity contribution in [3.05, 3.63) is 64.6 Å². The van der Waals surface area contributed by atoms with E-state index in [0.717, 1.165) is 4.47 Å². The summed E-state index contributed by atoms with van der Waals surface area (Å²) >= 11 is 3.31. The highest BCUT2D eigenvalue weighted by Crippen LogP contribution is 2.15. The fourth-order valence-electron chi connectivity index (χ4n) is 1.55. The second-order valence-corrected chi connectivity index (χ2v) is 4.92. The highest BCUT2D eigenvalue weighted by molar-refractivity contribution is 9.10. The van der Waals surface area contributed by atoms with E-state index in [2.05, 4.69) is 21.2 Å². The van der Waals surface area contributed by atoms with Crippen LogP contribution in [0, 0.1) is 0 Å². The standard InChI is InChI=1S/C15H12BrNO3/c16-12-7-4-8-13(9-12)17-14(18)10-20-15(19)11-5-2-1-3-6-11/h1-9H,10H2,(H,17,18). The number of carbonyl (C=O) groups is 2. The maximum atomic E-state index is 11.7. The first-order valence-corrected chi connectivity index (χ1v) is 6.72. The van der Waals surface area contributed by atoms with E-state index in [9.17, 15) is 9.59 Å². The van der Waals surface area contributed by atoms with Gasteiger partial charge in [-0.3, -0.25) is 4.79 Å². The first-order chi connectivity index (χ1) is 9.65. The molecule has 0 atom stereocenters. The highest BCUT2D eigenvalue weighted by Gasteiger charge is 2.09. The van der Waals surface area contributed by atoms with E-state index in [-0.39, 0.29) is 12.5 Å². The molecule has 2 aromatic rings. The van der Waals surface area contributed by atoms with Gasteiger partial charge in [0.2, 0.25) is 0 Å². The molecule has 0 unspecified atom stereocenters. The van der Waals surface area contributed by atoms with Crippen LogP contribution in [0.3, 0.4) is 0 Å². The van der Waals surface area contributed by atoms with E-state index in [1.165, 1.54) is 0 Å². The van der Waals surface area contributed by atoms with Crippen molar-refractivity contribution in [3.8, 4) is 0 Å². The summed E-state index contributed by atoms with van der Waals surface area (Å²) in [5.74, 6) is -0.901. The van der Waals surface area contributed by atoms with Crippen LogP contribution in [0.15, 0.2) is 59.1 Å². The summed E-state index contributed by atoms with van der Waals surface area (Å²) in [7, 11) is 0. The number of anilines is 1. The number of hydrogen-bond acceptors (Lipinski definition) is 3. The van der Waals surface area contributed by atoms with Crippen LogP contribution in [-0.4, -0.2) is 18.5 Å². The van der Waals surface area contributed by atoms with Gasteiger partial charge in [0.25, 0.3) is 5.91 Å². The molecule has 2 rings (SSSR count). The van der Waals surface area contributed by atoms with E-state index in [1.54, 1.807) is 48.5 Å². The lowest BCUT2D eigenvalue weighted by molar-refractivity contribution is -0.119. The third kappa shape index (κ3) is 4.20. The molecule has 0 aliphatic carbocycles. The molecule has 5 heteroatoms. The van der Waals surface area contributed by atoms with Gasteiger partial charge in [0.15, 0.2) is 6.61 Å². The van der Waals surface area contributed by atoms with Crippen LogP contribution in [0.25, 0.3) is 0 Å². The van der Waals surface area contributed by atoms with Gasteiger partial charge in [0, 0.05) is 10.2 Å². The monoisotopic (exact) mass is 333 g/mol. The molecule has 0 saturated carbocycles. The van der Waals surface area contributed by atoms with Gasteiger partial charge in [0.1, 0.15) is 0 Å². The average molecular weight is 334 g/mol. The second-order valence-electron chi connectivity index (χ2n) is 4.00. The molecule has 102 valence electrons. The molecule has 20 heavy (non-hydrogen) atoms. The maximum absolute atomic E-state index is 11.7. The van der Waals surface area contributed by atoms with Crippen LogP contribution >= 0.6 is 15.9 Å². The summed E-state index contributed by atoms with van der Waals surface area (Å²) in [5.41, 5.74) is 1.06. The molecule has 0 bridgehead atoms. The van der Waals surface area contributed by atoms with Crippen molar-refractivity contribution >= 4 is 33.5 Å². The van der Waals surface area contributed by atoms with Crippen molar-refractivity contribution in [2.75, 3.05) is 11.9 Å². The number of carbonyl (C=O) groups excluding carboxylic acids is 2. The molecule has 0 saturated heterocycles. The number of halogens is 1. The first kappa shape index (κ1) is 14.3. The van der Waals surface area contributed by atoms with Gasteiger partial charge in [0.05, 0.1) is 5.56 Å². The van der Waals surface area contributed by atoms with Gasteiger partial charge in [-0.05, 0) is 30.3 Å². The lowest BCUT2D eigenvalue weighted by atomic mass is 10.2. The van der Waals surface area contributed by atoms with Gasteiger partial charge in [-0.15, -0.1) is 0 Å². The fraction of sp³-hybridized carbons (Fsp3) is 0.0667. The van der Waals surface area contributed by atoms with Crippen molar-refractivity contribution in [1.82, 2.24) is 0 Å². The third-order valence-electron chi connectivity index (χ3n) is 2.45. The average Bonchev–Trinajstić information content (AvgIpc) is 2.46. The zero-order valence-electron chi connectivity index (χ0n) is 10.5. The quantitative estimate of drug-likeness (QED) is 0.874. The molecule has 0 aliphatic heterocycles. The van der Waals surface area contributed by atoms with Gasteiger partial charge >= 0.3 is 5.97 Å². The third-order valence-corrected chi connectivity index (χ3v) is 2.95. The Kier molecular flexibility index (Phi) is 4.90. The van der Waals surface area contributed by atoms with Gasteiger partial charge in [-0.2, -0.15) is 0 Å². The molecule has 1 amide bonds. The summed E-state index contributed by atoms with van der Waals surface area (Å²) in [4.78, 5) is 23.3. The zero-order chi connectivity index (χ0) is 14.4. The molecule has 0 aromatic heterocycles. The van der Waals surface area contributed by atoms with Crippen molar-refractivity contribution in [2.24, 2.45) is 0 Å². The molecule has 1 N–H and O–H groups in total. The van der Waals surface area contributed by atoms with Crippen molar-refractivity contribution in [1.29, 1.82) is 0 Å². The number of benzene rings is 2. The zero-order valence-corrected chi connectivity index (χ0v) is 12.1. The molecular formula is C15H12BrNO3. The van der Waals surface area contributed by atoms with E-state index >= 15 is 0 Å². The maximum Gasteiger partial charge on any atom is 0.338 e. The Balaban J connectivity index is 1.85. The number of esters is 1. The lowest BCUT2D eigenvalue weighted by Crippen LogP contribution is -2.20. The minimum atomic E-state index is -0.519. The molecular weight excluding hydrogens is 322 g/mol. The fourth-order valence-corrected chi connectivity index (χ4v) is 1.95. The van der Waals surface area contributed by atoms with Crippen LogP contribution < -0.4 is 5.32 Å². The molecule has 0 heterocycles. The number of ether oxygens (including phenoxy) is 1. The summed E-state index contributed by atoms with van der Waals surface area (Å²) < 4.78 is 5.79. The Labute approximate surface area is 124 Å². The summed E-state index contributed by atoms with van der Waals surface area (Å²) in [6, 6.07) is 15.7. The van der Waals surface area contributed by atoms with E-state index in [4.69, 9.17) is 4.74 Å².